The highest BCUT2D eigenvalue weighted by atomic mass is 32.2. The highest BCUT2D eigenvalue weighted by Gasteiger charge is 2.14. The van der Waals surface area contributed by atoms with E-state index in [-0.39, 0.29) is 17.5 Å². The molecule has 0 radical (unpaired) electrons. The Morgan fingerprint density at radius 1 is 1.52 bits per heavy atom. The van der Waals surface area contributed by atoms with Gasteiger partial charge in [0.25, 0.3) is 0 Å². The Hall–Kier alpha value is -2.01. The van der Waals surface area contributed by atoms with Crippen LogP contribution in [0.4, 0.5) is 5.13 Å². The largest absolute Gasteiger partial charge is 0.338 e. The predicted molar refractivity (Wildman–Crippen MR) is 77.1 cm³/mol. The van der Waals surface area contributed by atoms with Crippen LogP contribution in [0, 0.1) is 0 Å². The normalized spacial score (nSPS) is 11.3. The van der Waals surface area contributed by atoms with Gasteiger partial charge in [-0.05, 0) is 0 Å². The van der Waals surface area contributed by atoms with E-state index < -0.39 is 10.0 Å². The Labute approximate surface area is 125 Å². The van der Waals surface area contributed by atoms with Crippen molar-refractivity contribution < 1.29 is 13.2 Å². The van der Waals surface area contributed by atoms with E-state index in [4.69, 9.17) is 0 Å². The summed E-state index contributed by atoms with van der Waals surface area (Å²) in [5.41, 5.74) is 0.514. The zero-order valence-electron chi connectivity index (χ0n) is 11.4. The molecule has 0 aliphatic heterocycles. The predicted octanol–water partition coefficient (Wildman–Crippen LogP) is -0.166. The summed E-state index contributed by atoms with van der Waals surface area (Å²) in [5.74, 6) is 0.436. The summed E-state index contributed by atoms with van der Waals surface area (Å²) in [6, 6.07) is 0. The SMILES string of the molecule is CN(Cc1ncn[nH]1)C(=O)Cc1csc(NS(C)(=O)=O)n1. The van der Waals surface area contributed by atoms with E-state index in [2.05, 4.69) is 24.9 Å². The zero-order chi connectivity index (χ0) is 15.5. The minimum atomic E-state index is -3.36. The highest BCUT2D eigenvalue weighted by Crippen LogP contribution is 2.17. The molecule has 0 fully saturated rings. The third-order valence-corrected chi connectivity index (χ3v) is 3.93. The molecule has 0 aliphatic rings. The maximum atomic E-state index is 12.0. The van der Waals surface area contributed by atoms with Gasteiger partial charge in [-0.3, -0.25) is 14.6 Å². The number of rotatable bonds is 6. The number of aromatic amines is 1. The summed E-state index contributed by atoms with van der Waals surface area (Å²) >= 11 is 1.13. The van der Waals surface area contributed by atoms with E-state index in [9.17, 15) is 13.2 Å². The third kappa shape index (κ3) is 4.79. The average Bonchev–Trinajstić information content (AvgIpc) is 2.99. The number of hydrogen-bond donors (Lipinski definition) is 2. The molecule has 2 aromatic rings. The summed E-state index contributed by atoms with van der Waals surface area (Å²) in [4.78, 5) is 21.5. The molecule has 0 saturated carbocycles. The van der Waals surface area contributed by atoms with Gasteiger partial charge in [0.1, 0.15) is 12.2 Å². The fourth-order valence-electron chi connectivity index (χ4n) is 1.50. The van der Waals surface area contributed by atoms with E-state index in [0.717, 1.165) is 17.6 Å². The van der Waals surface area contributed by atoms with E-state index in [1.54, 1.807) is 12.4 Å². The van der Waals surface area contributed by atoms with Crippen molar-refractivity contribution in [3.05, 3.63) is 23.2 Å². The van der Waals surface area contributed by atoms with Gasteiger partial charge in [0, 0.05) is 12.4 Å². The first kappa shape index (κ1) is 15.4. The first-order chi connectivity index (χ1) is 9.83. The molecule has 21 heavy (non-hydrogen) atoms. The molecule has 2 heterocycles. The van der Waals surface area contributed by atoms with Crippen LogP contribution >= 0.6 is 11.3 Å². The van der Waals surface area contributed by atoms with E-state index >= 15 is 0 Å². The molecule has 0 aliphatic carbocycles. The molecule has 1 amide bonds. The Kier molecular flexibility index (Phi) is 4.53. The standard InChI is InChI=1S/C10H14N6O3S2/c1-16(4-8-11-6-12-14-8)9(17)3-7-5-20-10(13-7)15-21(2,18)19/h5-6H,3-4H2,1-2H3,(H,13,15)(H,11,12,14). The van der Waals surface area contributed by atoms with Gasteiger partial charge in [-0.1, -0.05) is 0 Å². The summed E-state index contributed by atoms with van der Waals surface area (Å²) in [6.45, 7) is 0.317. The van der Waals surface area contributed by atoms with Crippen molar-refractivity contribution in [2.75, 3.05) is 18.0 Å². The lowest BCUT2D eigenvalue weighted by Crippen LogP contribution is -2.28. The maximum absolute atomic E-state index is 12.0. The molecule has 0 saturated heterocycles. The molecule has 9 nitrogen and oxygen atoms in total. The third-order valence-electron chi connectivity index (χ3n) is 2.43. The average molecular weight is 330 g/mol. The Balaban J connectivity index is 1.93. The summed E-state index contributed by atoms with van der Waals surface area (Å²) in [6.07, 6.45) is 2.51. The number of amides is 1. The fraction of sp³-hybridized carbons (Fsp3) is 0.400. The Morgan fingerprint density at radius 3 is 2.90 bits per heavy atom. The quantitative estimate of drug-likeness (QED) is 0.759. The minimum Gasteiger partial charge on any atom is -0.338 e. The maximum Gasteiger partial charge on any atom is 0.231 e. The molecule has 0 atom stereocenters. The number of hydrogen-bond acceptors (Lipinski definition) is 7. The van der Waals surface area contributed by atoms with Crippen LogP contribution < -0.4 is 4.72 Å². The van der Waals surface area contributed by atoms with Crippen molar-refractivity contribution in [1.29, 1.82) is 0 Å². The van der Waals surface area contributed by atoms with Crippen LogP contribution in [0.15, 0.2) is 11.7 Å². The molecule has 0 bridgehead atoms. The van der Waals surface area contributed by atoms with Crippen molar-refractivity contribution in [1.82, 2.24) is 25.1 Å². The first-order valence-corrected chi connectivity index (χ1v) is 8.61. The fourth-order valence-corrected chi connectivity index (χ4v) is 3.07. The van der Waals surface area contributed by atoms with Gasteiger partial charge in [0.15, 0.2) is 5.13 Å². The minimum absolute atomic E-state index is 0.0899. The molecular weight excluding hydrogens is 316 g/mol. The number of nitrogens with zero attached hydrogens (tertiary/aromatic N) is 4. The van der Waals surface area contributed by atoms with Crippen LogP contribution in [0.3, 0.4) is 0 Å². The highest BCUT2D eigenvalue weighted by molar-refractivity contribution is 7.92. The van der Waals surface area contributed by atoms with Gasteiger partial charge in [0.05, 0.1) is 24.9 Å². The number of H-pyrrole nitrogens is 1. The molecule has 0 unspecified atom stereocenters. The van der Waals surface area contributed by atoms with Gasteiger partial charge in [0.2, 0.25) is 15.9 Å². The van der Waals surface area contributed by atoms with Crippen LogP contribution in [0.2, 0.25) is 0 Å². The van der Waals surface area contributed by atoms with Crippen LogP contribution in [0.1, 0.15) is 11.5 Å². The number of likely N-dealkylation sites (N-methyl/N-ethyl adjacent to an activating group) is 1. The molecule has 0 spiro atoms. The number of carbonyl (C=O) groups excluding carboxylic acids is 1. The molecule has 2 rings (SSSR count). The van der Waals surface area contributed by atoms with Crippen molar-refractivity contribution in [2.45, 2.75) is 13.0 Å². The first-order valence-electron chi connectivity index (χ1n) is 5.84. The van der Waals surface area contributed by atoms with Gasteiger partial charge in [-0.25, -0.2) is 18.4 Å². The van der Waals surface area contributed by atoms with Crippen LogP contribution in [0.5, 0.6) is 0 Å². The number of sulfonamides is 1. The molecule has 2 aromatic heterocycles. The van der Waals surface area contributed by atoms with Crippen molar-refractivity contribution >= 4 is 32.4 Å². The van der Waals surface area contributed by atoms with Gasteiger partial charge in [-0.2, -0.15) is 5.10 Å². The Bertz CT molecular complexity index is 709. The number of nitrogens with one attached hydrogen (secondary N) is 2. The second-order valence-electron chi connectivity index (χ2n) is 4.38. The summed E-state index contributed by atoms with van der Waals surface area (Å²) < 4.78 is 24.4. The molecule has 2 N–H and O–H groups in total. The lowest BCUT2D eigenvalue weighted by atomic mass is 10.3. The van der Waals surface area contributed by atoms with Crippen molar-refractivity contribution in [3.63, 3.8) is 0 Å². The van der Waals surface area contributed by atoms with Gasteiger partial charge >= 0.3 is 0 Å². The molecule has 114 valence electrons. The molecule has 0 aromatic carbocycles. The second-order valence-corrected chi connectivity index (χ2v) is 6.98. The molecular formula is C10H14N6O3S2. The van der Waals surface area contributed by atoms with Gasteiger partial charge in [-0.15, -0.1) is 11.3 Å². The topological polar surface area (TPSA) is 121 Å². The lowest BCUT2D eigenvalue weighted by molar-refractivity contribution is -0.129. The lowest BCUT2D eigenvalue weighted by Gasteiger charge is -2.14. The van der Waals surface area contributed by atoms with E-state index in [1.165, 1.54) is 11.2 Å². The van der Waals surface area contributed by atoms with Crippen molar-refractivity contribution in [3.8, 4) is 0 Å². The van der Waals surface area contributed by atoms with Crippen LogP contribution in [-0.2, 0) is 27.8 Å². The Morgan fingerprint density at radius 2 is 2.29 bits per heavy atom. The number of thiazole rings is 1. The number of anilines is 1. The van der Waals surface area contributed by atoms with Crippen LogP contribution in [0.25, 0.3) is 0 Å². The van der Waals surface area contributed by atoms with Gasteiger partial charge < -0.3 is 4.90 Å². The van der Waals surface area contributed by atoms with Crippen LogP contribution in [-0.4, -0.2) is 52.7 Å². The smallest absolute Gasteiger partial charge is 0.231 e. The van der Waals surface area contributed by atoms with Crippen molar-refractivity contribution in [2.24, 2.45) is 0 Å². The zero-order valence-corrected chi connectivity index (χ0v) is 13.0. The summed E-state index contributed by atoms with van der Waals surface area (Å²) in [7, 11) is -1.71. The second kappa shape index (κ2) is 6.18. The number of aromatic nitrogens is 4. The molecule has 11 heteroatoms. The number of carbonyl (C=O) groups is 1. The monoisotopic (exact) mass is 330 g/mol. The van der Waals surface area contributed by atoms with E-state index in [0.29, 0.717) is 18.1 Å². The van der Waals surface area contributed by atoms with E-state index in [1.807, 2.05) is 0 Å². The summed E-state index contributed by atoms with van der Waals surface area (Å²) in [5, 5.41) is 8.27.